The van der Waals surface area contributed by atoms with Gasteiger partial charge in [-0.2, -0.15) is 0 Å². The van der Waals surface area contributed by atoms with Gasteiger partial charge in [0, 0.05) is 38.6 Å². The van der Waals surface area contributed by atoms with Crippen molar-refractivity contribution in [1.29, 1.82) is 0 Å². The summed E-state index contributed by atoms with van der Waals surface area (Å²) in [4.78, 5) is 11.7. The van der Waals surface area contributed by atoms with Crippen LogP contribution in [0.25, 0.3) is 0 Å². The molecule has 1 aromatic carbocycles. The molecule has 0 aromatic heterocycles. The number of hydrogen-bond acceptors (Lipinski definition) is 3. The quantitative estimate of drug-likeness (QED) is 0.701. The summed E-state index contributed by atoms with van der Waals surface area (Å²) >= 11 is 0. The fourth-order valence-electron chi connectivity index (χ4n) is 2.14. The number of amides is 1. The van der Waals surface area contributed by atoms with Gasteiger partial charge in [-0.3, -0.25) is 4.79 Å². The fraction of sp³-hybridized carbons (Fsp3) is 0.500. The standard InChI is InChI=1S/C14H21N3O/c18-14(10-13-11-15-8-9-16-13)17-7-6-12-4-2-1-3-5-12/h1-5,13,15-16H,6-11H2,(H,17,18). The van der Waals surface area contributed by atoms with Crippen LogP contribution in [0.4, 0.5) is 0 Å². The summed E-state index contributed by atoms with van der Waals surface area (Å²) in [6.07, 6.45) is 1.45. The number of hydrogen-bond donors (Lipinski definition) is 3. The molecule has 18 heavy (non-hydrogen) atoms. The lowest BCUT2D eigenvalue weighted by Gasteiger charge is -2.23. The van der Waals surface area contributed by atoms with Gasteiger partial charge in [-0.05, 0) is 12.0 Å². The average Bonchev–Trinajstić information content (AvgIpc) is 2.41. The SMILES string of the molecule is O=C(CC1CNCCN1)NCCc1ccccc1. The first-order chi connectivity index (χ1) is 8.84. The van der Waals surface area contributed by atoms with Crippen molar-refractivity contribution < 1.29 is 4.79 Å². The molecule has 2 rings (SSSR count). The van der Waals surface area contributed by atoms with Crippen LogP contribution in [0.1, 0.15) is 12.0 Å². The summed E-state index contributed by atoms with van der Waals surface area (Å²) in [6.45, 7) is 3.53. The molecule has 0 aliphatic carbocycles. The van der Waals surface area contributed by atoms with Crippen LogP contribution in [-0.4, -0.2) is 38.1 Å². The molecule has 1 atom stereocenters. The van der Waals surface area contributed by atoms with Crippen LogP contribution in [0, 0.1) is 0 Å². The zero-order chi connectivity index (χ0) is 12.6. The summed E-state index contributed by atoms with van der Waals surface area (Å²) < 4.78 is 0. The maximum atomic E-state index is 11.7. The van der Waals surface area contributed by atoms with Gasteiger partial charge in [0.2, 0.25) is 5.91 Å². The van der Waals surface area contributed by atoms with Crippen molar-refractivity contribution in [2.24, 2.45) is 0 Å². The average molecular weight is 247 g/mol. The smallest absolute Gasteiger partial charge is 0.221 e. The van der Waals surface area contributed by atoms with Crippen LogP contribution in [-0.2, 0) is 11.2 Å². The van der Waals surface area contributed by atoms with E-state index >= 15 is 0 Å². The first kappa shape index (κ1) is 13.1. The second-order valence-corrected chi connectivity index (χ2v) is 4.64. The minimum absolute atomic E-state index is 0.132. The molecule has 1 aliphatic heterocycles. The summed E-state index contributed by atoms with van der Waals surface area (Å²) in [5, 5.41) is 9.59. The van der Waals surface area contributed by atoms with Crippen molar-refractivity contribution in [3.8, 4) is 0 Å². The second kappa shape index (κ2) is 7.13. The minimum atomic E-state index is 0.132. The van der Waals surface area contributed by atoms with Crippen molar-refractivity contribution in [2.75, 3.05) is 26.2 Å². The van der Waals surface area contributed by atoms with Gasteiger partial charge in [-0.25, -0.2) is 0 Å². The van der Waals surface area contributed by atoms with E-state index in [1.54, 1.807) is 0 Å². The van der Waals surface area contributed by atoms with Gasteiger partial charge in [0.15, 0.2) is 0 Å². The Morgan fingerprint density at radius 2 is 2.11 bits per heavy atom. The molecular weight excluding hydrogens is 226 g/mol. The van der Waals surface area contributed by atoms with E-state index in [4.69, 9.17) is 0 Å². The van der Waals surface area contributed by atoms with Crippen molar-refractivity contribution >= 4 is 5.91 Å². The van der Waals surface area contributed by atoms with Gasteiger partial charge in [0.25, 0.3) is 0 Å². The van der Waals surface area contributed by atoms with E-state index in [1.807, 2.05) is 18.2 Å². The Kier molecular flexibility index (Phi) is 5.17. The second-order valence-electron chi connectivity index (χ2n) is 4.64. The highest BCUT2D eigenvalue weighted by Crippen LogP contribution is 1.99. The lowest BCUT2D eigenvalue weighted by atomic mass is 10.1. The number of rotatable bonds is 5. The van der Waals surface area contributed by atoms with Crippen LogP contribution < -0.4 is 16.0 Å². The van der Waals surface area contributed by atoms with Crippen molar-refractivity contribution in [3.63, 3.8) is 0 Å². The molecule has 0 saturated carbocycles. The zero-order valence-corrected chi connectivity index (χ0v) is 10.6. The van der Waals surface area contributed by atoms with Crippen molar-refractivity contribution in [2.45, 2.75) is 18.9 Å². The maximum Gasteiger partial charge on any atom is 0.221 e. The fourth-order valence-corrected chi connectivity index (χ4v) is 2.14. The molecule has 1 saturated heterocycles. The lowest BCUT2D eigenvalue weighted by Crippen LogP contribution is -2.50. The molecule has 1 amide bonds. The third-order valence-corrected chi connectivity index (χ3v) is 3.14. The lowest BCUT2D eigenvalue weighted by molar-refractivity contribution is -0.121. The topological polar surface area (TPSA) is 53.2 Å². The summed E-state index contributed by atoms with van der Waals surface area (Å²) in [6, 6.07) is 10.5. The molecule has 1 heterocycles. The van der Waals surface area contributed by atoms with Gasteiger partial charge in [-0.1, -0.05) is 30.3 Å². The van der Waals surface area contributed by atoms with E-state index < -0.39 is 0 Å². The van der Waals surface area contributed by atoms with Gasteiger partial charge in [0.1, 0.15) is 0 Å². The van der Waals surface area contributed by atoms with Crippen LogP contribution >= 0.6 is 0 Å². The Morgan fingerprint density at radius 3 is 2.83 bits per heavy atom. The van der Waals surface area contributed by atoms with Crippen LogP contribution in [0.3, 0.4) is 0 Å². The predicted molar refractivity (Wildman–Crippen MR) is 72.4 cm³/mol. The molecule has 4 heteroatoms. The van der Waals surface area contributed by atoms with Gasteiger partial charge in [0.05, 0.1) is 0 Å². The van der Waals surface area contributed by atoms with E-state index in [9.17, 15) is 4.79 Å². The highest BCUT2D eigenvalue weighted by molar-refractivity contribution is 5.76. The molecule has 3 N–H and O–H groups in total. The molecule has 1 fully saturated rings. The Balaban J connectivity index is 1.62. The Morgan fingerprint density at radius 1 is 1.28 bits per heavy atom. The Labute approximate surface area is 108 Å². The third kappa shape index (κ3) is 4.47. The number of nitrogens with one attached hydrogen (secondary N) is 3. The van der Waals surface area contributed by atoms with Crippen LogP contribution in [0.2, 0.25) is 0 Å². The number of carbonyl (C=O) groups excluding carboxylic acids is 1. The highest BCUT2D eigenvalue weighted by atomic mass is 16.1. The first-order valence-corrected chi connectivity index (χ1v) is 6.59. The largest absolute Gasteiger partial charge is 0.356 e. The molecule has 1 aliphatic rings. The monoisotopic (exact) mass is 247 g/mol. The van der Waals surface area contributed by atoms with Crippen LogP contribution in [0.15, 0.2) is 30.3 Å². The highest BCUT2D eigenvalue weighted by Gasteiger charge is 2.15. The van der Waals surface area contributed by atoms with Crippen molar-refractivity contribution in [3.05, 3.63) is 35.9 Å². The maximum absolute atomic E-state index is 11.7. The molecule has 0 spiro atoms. The van der Waals surface area contributed by atoms with E-state index in [0.29, 0.717) is 13.0 Å². The van der Waals surface area contributed by atoms with Crippen molar-refractivity contribution in [1.82, 2.24) is 16.0 Å². The normalized spacial score (nSPS) is 19.4. The zero-order valence-electron chi connectivity index (χ0n) is 10.6. The molecule has 98 valence electrons. The predicted octanol–water partition coefficient (Wildman–Crippen LogP) is 0.297. The molecule has 4 nitrogen and oxygen atoms in total. The van der Waals surface area contributed by atoms with Gasteiger partial charge < -0.3 is 16.0 Å². The van der Waals surface area contributed by atoms with Crippen LogP contribution in [0.5, 0.6) is 0 Å². The molecule has 1 unspecified atom stereocenters. The van der Waals surface area contributed by atoms with E-state index in [2.05, 4.69) is 28.1 Å². The number of piperazine rings is 1. The summed E-state index contributed by atoms with van der Waals surface area (Å²) in [7, 11) is 0. The molecular formula is C14H21N3O. The Bertz CT molecular complexity index is 361. The molecule has 0 radical (unpaired) electrons. The minimum Gasteiger partial charge on any atom is -0.356 e. The summed E-state index contributed by atoms with van der Waals surface area (Å²) in [5.41, 5.74) is 1.26. The van der Waals surface area contributed by atoms with E-state index in [1.165, 1.54) is 5.56 Å². The number of benzene rings is 1. The molecule has 0 bridgehead atoms. The van der Waals surface area contributed by atoms with Gasteiger partial charge in [-0.15, -0.1) is 0 Å². The summed E-state index contributed by atoms with van der Waals surface area (Å²) in [5.74, 6) is 0.132. The van der Waals surface area contributed by atoms with E-state index in [0.717, 1.165) is 26.1 Å². The Hall–Kier alpha value is -1.39. The molecule has 1 aromatic rings. The van der Waals surface area contributed by atoms with Gasteiger partial charge >= 0.3 is 0 Å². The van der Waals surface area contributed by atoms with E-state index in [-0.39, 0.29) is 11.9 Å². The number of carbonyl (C=O) groups is 1. The first-order valence-electron chi connectivity index (χ1n) is 6.59. The third-order valence-electron chi connectivity index (χ3n) is 3.14.